The Balaban J connectivity index is 2.02. The standard InChI is InChI=1S/C15H20FNO2/c1-11(18)13-4-3-7-17(10-13)9-12-5-6-14(16)15(8-12)19-2/h5-6,8,13H,3-4,7,9-10H2,1-2H3. The van der Waals surface area contributed by atoms with E-state index in [0.717, 1.165) is 38.0 Å². The van der Waals surface area contributed by atoms with Crippen molar-refractivity contribution in [1.29, 1.82) is 0 Å². The number of carbonyl (C=O) groups excluding carboxylic acids is 1. The van der Waals surface area contributed by atoms with Gasteiger partial charge in [0.05, 0.1) is 7.11 Å². The van der Waals surface area contributed by atoms with Gasteiger partial charge >= 0.3 is 0 Å². The van der Waals surface area contributed by atoms with Crippen molar-refractivity contribution < 1.29 is 13.9 Å². The molecule has 1 aromatic carbocycles. The molecule has 0 amide bonds. The van der Waals surface area contributed by atoms with E-state index in [1.807, 2.05) is 0 Å². The summed E-state index contributed by atoms with van der Waals surface area (Å²) in [6.45, 7) is 4.19. The number of ether oxygens (including phenoxy) is 1. The normalized spacial score (nSPS) is 20.3. The maximum atomic E-state index is 13.3. The van der Waals surface area contributed by atoms with Crippen LogP contribution in [0.5, 0.6) is 5.75 Å². The first-order valence-corrected chi connectivity index (χ1v) is 6.65. The highest BCUT2D eigenvalue weighted by molar-refractivity contribution is 5.78. The van der Waals surface area contributed by atoms with Gasteiger partial charge in [-0.1, -0.05) is 6.07 Å². The molecule has 0 aliphatic carbocycles. The molecule has 1 heterocycles. The highest BCUT2D eigenvalue weighted by atomic mass is 19.1. The van der Waals surface area contributed by atoms with Gasteiger partial charge in [-0.3, -0.25) is 9.69 Å². The first kappa shape index (κ1) is 14.0. The average molecular weight is 265 g/mol. The van der Waals surface area contributed by atoms with Gasteiger partial charge in [0.2, 0.25) is 0 Å². The third-order valence-corrected chi connectivity index (χ3v) is 3.70. The third kappa shape index (κ3) is 3.53. The Morgan fingerprint density at radius 3 is 3.00 bits per heavy atom. The molecule has 0 bridgehead atoms. The van der Waals surface area contributed by atoms with Crippen LogP contribution in [0.2, 0.25) is 0 Å². The number of carbonyl (C=O) groups is 1. The van der Waals surface area contributed by atoms with Crippen molar-refractivity contribution in [2.24, 2.45) is 5.92 Å². The number of hydrogen-bond acceptors (Lipinski definition) is 3. The first-order chi connectivity index (χ1) is 9.10. The molecule has 3 nitrogen and oxygen atoms in total. The van der Waals surface area contributed by atoms with E-state index < -0.39 is 0 Å². The highest BCUT2D eigenvalue weighted by Gasteiger charge is 2.23. The van der Waals surface area contributed by atoms with Crippen LogP contribution in [0.1, 0.15) is 25.3 Å². The highest BCUT2D eigenvalue weighted by Crippen LogP contribution is 2.22. The maximum Gasteiger partial charge on any atom is 0.165 e. The number of methoxy groups -OCH3 is 1. The quantitative estimate of drug-likeness (QED) is 0.838. The molecule has 4 heteroatoms. The zero-order valence-electron chi connectivity index (χ0n) is 11.5. The topological polar surface area (TPSA) is 29.5 Å². The summed E-state index contributed by atoms with van der Waals surface area (Å²) in [4.78, 5) is 13.7. The number of Topliss-reactive ketones (excluding diaryl/α,β-unsaturated/α-hetero) is 1. The smallest absolute Gasteiger partial charge is 0.165 e. The maximum absolute atomic E-state index is 13.3. The molecule has 1 atom stereocenters. The molecular formula is C15H20FNO2. The Labute approximate surface area is 113 Å². The van der Waals surface area contributed by atoms with Crippen LogP contribution in [-0.4, -0.2) is 30.9 Å². The number of benzene rings is 1. The number of hydrogen-bond donors (Lipinski definition) is 0. The number of rotatable bonds is 4. The molecule has 0 aromatic heterocycles. The minimum Gasteiger partial charge on any atom is -0.494 e. The minimum absolute atomic E-state index is 0.149. The fraction of sp³-hybridized carbons (Fsp3) is 0.533. The molecule has 0 saturated carbocycles. The largest absolute Gasteiger partial charge is 0.494 e. The molecule has 0 radical (unpaired) electrons. The lowest BCUT2D eigenvalue weighted by atomic mass is 9.94. The van der Waals surface area contributed by atoms with Gasteiger partial charge < -0.3 is 4.74 Å². The molecule has 1 aliphatic rings. The van der Waals surface area contributed by atoms with Crippen molar-refractivity contribution in [2.75, 3.05) is 20.2 Å². The monoisotopic (exact) mass is 265 g/mol. The molecule has 104 valence electrons. The minimum atomic E-state index is -0.341. The van der Waals surface area contributed by atoms with Crippen molar-refractivity contribution in [3.8, 4) is 5.75 Å². The van der Waals surface area contributed by atoms with Crippen LogP contribution in [0.3, 0.4) is 0 Å². The van der Waals surface area contributed by atoms with Crippen molar-refractivity contribution in [2.45, 2.75) is 26.3 Å². The van der Waals surface area contributed by atoms with E-state index >= 15 is 0 Å². The number of halogens is 1. The number of piperidine rings is 1. The summed E-state index contributed by atoms with van der Waals surface area (Å²) in [7, 11) is 1.47. The van der Waals surface area contributed by atoms with Crippen LogP contribution in [-0.2, 0) is 11.3 Å². The lowest BCUT2D eigenvalue weighted by Gasteiger charge is -2.31. The van der Waals surface area contributed by atoms with Gasteiger partial charge in [-0.2, -0.15) is 0 Å². The molecule has 1 saturated heterocycles. The molecule has 1 fully saturated rings. The zero-order chi connectivity index (χ0) is 13.8. The Morgan fingerprint density at radius 1 is 1.53 bits per heavy atom. The molecule has 19 heavy (non-hydrogen) atoms. The van der Waals surface area contributed by atoms with Crippen LogP contribution < -0.4 is 4.74 Å². The molecule has 1 aliphatic heterocycles. The van der Waals surface area contributed by atoms with Gasteiger partial charge in [0.25, 0.3) is 0 Å². The van der Waals surface area contributed by atoms with Crippen LogP contribution in [0.15, 0.2) is 18.2 Å². The molecule has 1 aromatic rings. The lowest BCUT2D eigenvalue weighted by Crippen LogP contribution is -2.37. The summed E-state index contributed by atoms with van der Waals surface area (Å²) in [5.41, 5.74) is 1.02. The summed E-state index contributed by atoms with van der Waals surface area (Å²) < 4.78 is 18.3. The van der Waals surface area contributed by atoms with Crippen LogP contribution in [0.4, 0.5) is 4.39 Å². The van der Waals surface area contributed by atoms with E-state index in [2.05, 4.69) is 4.90 Å². The summed E-state index contributed by atoms with van der Waals surface area (Å²) in [6, 6.07) is 4.93. The number of ketones is 1. The molecular weight excluding hydrogens is 245 g/mol. The summed E-state index contributed by atoms with van der Waals surface area (Å²) >= 11 is 0. The van der Waals surface area contributed by atoms with Gasteiger partial charge in [0.15, 0.2) is 11.6 Å². The van der Waals surface area contributed by atoms with Gasteiger partial charge in [-0.05, 0) is 44.0 Å². The van der Waals surface area contributed by atoms with Crippen LogP contribution >= 0.6 is 0 Å². The predicted octanol–water partition coefficient (Wildman–Crippen LogP) is 2.64. The second-order valence-corrected chi connectivity index (χ2v) is 5.15. The van der Waals surface area contributed by atoms with Crippen LogP contribution in [0.25, 0.3) is 0 Å². The average Bonchev–Trinajstić information content (AvgIpc) is 2.41. The van der Waals surface area contributed by atoms with Gasteiger partial charge in [0, 0.05) is 19.0 Å². The van der Waals surface area contributed by atoms with E-state index in [1.54, 1.807) is 19.1 Å². The summed E-state index contributed by atoms with van der Waals surface area (Å²) in [5, 5.41) is 0. The van der Waals surface area contributed by atoms with Crippen molar-refractivity contribution in [3.63, 3.8) is 0 Å². The van der Waals surface area contributed by atoms with Gasteiger partial charge in [0.1, 0.15) is 5.78 Å². The van der Waals surface area contributed by atoms with Crippen molar-refractivity contribution >= 4 is 5.78 Å². The Morgan fingerprint density at radius 2 is 2.32 bits per heavy atom. The van der Waals surface area contributed by atoms with E-state index in [1.165, 1.54) is 13.2 Å². The van der Waals surface area contributed by atoms with E-state index in [-0.39, 0.29) is 23.3 Å². The fourth-order valence-electron chi connectivity index (χ4n) is 2.59. The van der Waals surface area contributed by atoms with Crippen molar-refractivity contribution in [3.05, 3.63) is 29.6 Å². The second kappa shape index (κ2) is 6.15. The summed E-state index contributed by atoms with van der Waals surface area (Å²) in [5.74, 6) is 0.349. The Kier molecular flexibility index (Phi) is 4.53. The van der Waals surface area contributed by atoms with Gasteiger partial charge in [-0.15, -0.1) is 0 Å². The van der Waals surface area contributed by atoms with Crippen molar-refractivity contribution in [1.82, 2.24) is 4.90 Å². The van der Waals surface area contributed by atoms with E-state index in [4.69, 9.17) is 4.74 Å². The number of likely N-dealkylation sites (tertiary alicyclic amines) is 1. The first-order valence-electron chi connectivity index (χ1n) is 6.65. The van der Waals surface area contributed by atoms with Gasteiger partial charge in [-0.25, -0.2) is 4.39 Å². The molecule has 0 N–H and O–H groups in total. The molecule has 1 unspecified atom stereocenters. The predicted molar refractivity (Wildman–Crippen MR) is 71.6 cm³/mol. The Bertz CT molecular complexity index is 461. The Hall–Kier alpha value is -1.42. The zero-order valence-corrected chi connectivity index (χ0v) is 11.5. The van der Waals surface area contributed by atoms with Crippen LogP contribution in [0, 0.1) is 11.7 Å². The van der Waals surface area contributed by atoms with E-state index in [0.29, 0.717) is 0 Å². The second-order valence-electron chi connectivity index (χ2n) is 5.15. The van der Waals surface area contributed by atoms with E-state index in [9.17, 15) is 9.18 Å². The fourth-order valence-corrected chi connectivity index (χ4v) is 2.59. The third-order valence-electron chi connectivity index (χ3n) is 3.70. The number of nitrogens with zero attached hydrogens (tertiary/aromatic N) is 1. The molecule has 2 rings (SSSR count). The molecule has 0 spiro atoms. The summed E-state index contributed by atoms with van der Waals surface area (Å²) in [6.07, 6.45) is 2.03. The lowest BCUT2D eigenvalue weighted by molar-refractivity contribution is -0.122. The SMILES string of the molecule is COc1cc(CN2CCCC(C(C)=O)C2)ccc1F.